The van der Waals surface area contributed by atoms with Crippen molar-refractivity contribution in [1.82, 2.24) is 10.1 Å². The zero-order chi connectivity index (χ0) is 17.4. The largest absolute Gasteiger partial charge is 0.417 e. The number of benzene rings is 1. The molecule has 3 heterocycles. The van der Waals surface area contributed by atoms with E-state index in [-0.39, 0.29) is 11.8 Å². The van der Waals surface area contributed by atoms with Crippen LogP contribution in [0.15, 0.2) is 22.7 Å². The Kier molecular flexibility index (Phi) is 2.43. The molecule has 5 rings (SSSR count). The number of nitrogens with zero attached hydrogens (tertiary/aromatic N) is 4. The number of nitrogens with one attached hydrogen (secondary N) is 1. The summed E-state index contributed by atoms with van der Waals surface area (Å²) < 4.78 is 25.1. The predicted molar refractivity (Wildman–Crippen MR) is 80.9 cm³/mol. The SMILES string of the molecule is CC1N(c2ccc(C3(C#N)CC3)c(F)c2)C(=O)O[C@@]12Nc1noc2n1. The third-order valence-corrected chi connectivity index (χ3v) is 5.17. The van der Waals surface area contributed by atoms with E-state index in [9.17, 15) is 14.4 Å². The Morgan fingerprint density at radius 3 is 2.84 bits per heavy atom. The van der Waals surface area contributed by atoms with E-state index in [2.05, 4.69) is 21.5 Å². The van der Waals surface area contributed by atoms with Gasteiger partial charge in [0.2, 0.25) is 0 Å². The highest BCUT2D eigenvalue weighted by Gasteiger charge is 2.61. The molecule has 9 heteroatoms. The monoisotopic (exact) mass is 341 g/mol. The van der Waals surface area contributed by atoms with E-state index < -0.39 is 29.1 Å². The molecule has 2 atom stereocenters. The molecule has 1 saturated carbocycles. The van der Waals surface area contributed by atoms with Crippen molar-refractivity contribution in [3.05, 3.63) is 35.5 Å². The molecule has 25 heavy (non-hydrogen) atoms. The van der Waals surface area contributed by atoms with E-state index in [1.807, 2.05) is 0 Å². The maximum Gasteiger partial charge on any atom is 0.417 e. The normalized spacial score (nSPS) is 28.0. The van der Waals surface area contributed by atoms with E-state index >= 15 is 0 Å². The standard InChI is InChI=1S/C16H12FN5O3/c1-8-16(12-19-13(20-16)21-25-12)24-14(23)22(8)9-2-3-10(11(17)6-9)15(7-18)4-5-15/h2-3,6,8H,4-5H2,1H3,(H,20,21)/t8?,16-/m0/s1. The Labute approximate surface area is 141 Å². The Morgan fingerprint density at radius 1 is 1.48 bits per heavy atom. The molecular weight excluding hydrogens is 329 g/mol. The lowest BCUT2D eigenvalue weighted by Gasteiger charge is -2.27. The number of nitriles is 1. The summed E-state index contributed by atoms with van der Waals surface area (Å²) in [5.41, 5.74) is -1.27. The van der Waals surface area contributed by atoms with E-state index in [0.29, 0.717) is 24.1 Å². The molecule has 1 aromatic carbocycles. The van der Waals surface area contributed by atoms with Crippen molar-refractivity contribution in [2.24, 2.45) is 0 Å². The van der Waals surface area contributed by atoms with Crippen LogP contribution in [0, 0.1) is 17.1 Å². The molecule has 1 saturated heterocycles. The van der Waals surface area contributed by atoms with Crippen molar-refractivity contribution in [2.45, 2.75) is 36.9 Å². The summed E-state index contributed by atoms with van der Waals surface area (Å²) in [6, 6.07) is 6.09. The summed E-state index contributed by atoms with van der Waals surface area (Å²) in [5, 5.41) is 15.8. The lowest BCUT2D eigenvalue weighted by atomic mass is 9.96. The Hall–Kier alpha value is -3.15. The van der Waals surface area contributed by atoms with Crippen molar-refractivity contribution >= 4 is 17.7 Å². The summed E-state index contributed by atoms with van der Waals surface area (Å²) in [6.45, 7) is 1.74. The Balaban J connectivity index is 1.52. The minimum absolute atomic E-state index is 0.157. The number of aromatic nitrogens is 2. The van der Waals surface area contributed by atoms with Crippen LogP contribution >= 0.6 is 0 Å². The van der Waals surface area contributed by atoms with Crippen molar-refractivity contribution in [2.75, 3.05) is 10.2 Å². The van der Waals surface area contributed by atoms with Crippen LogP contribution in [0.2, 0.25) is 0 Å². The van der Waals surface area contributed by atoms with Gasteiger partial charge in [-0.15, -0.1) is 0 Å². The van der Waals surface area contributed by atoms with Gasteiger partial charge in [-0.25, -0.2) is 9.18 Å². The van der Waals surface area contributed by atoms with Crippen LogP contribution in [-0.4, -0.2) is 22.3 Å². The lowest BCUT2D eigenvalue weighted by Crippen LogP contribution is -2.46. The molecule has 126 valence electrons. The van der Waals surface area contributed by atoms with Gasteiger partial charge in [-0.1, -0.05) is 6.07 Å². The van der Waals surface area contributed by atoms with E-state index in [1.54, 1.807) is 19.1 Å². The first kappa shape index (κ1) is 14.2. The average molecular weight is 341 g/mol. The predicted octanol–water partition coefficient (Wildman–Crippen LogP) is 2.39. The van der Waals surface area contributed by atoms with Gasteiger partial charge < -0.3 is 14.6 Å². The molecule has 2 aliphatic heterocycles. The van der Waals surface area contributed by atoms with Crippen molar-refractivity contribution in [3.63, 3.8) is 0 Å². The second kappa shape index (κ2) is 4.27. The third-order valence-electron chi connectivity index (χ3n) is 5.17. The zero-order valence-corrected chi connectivity index (χ0v) is 13.1. The number of carbonyl (C=O) groups is 1. The third kappa shape index (κ3) is 1.66. The number of carbonyl (C=O) groups excluding carboxylic acids is 1. The molecule has 1 amide bonds. The maximum atomic E-state index is 14.6. The fourth-order valence-corrected chi connectivity index (χ4v) is 3.55. The zero-order valence-electron chi connectivity index (χ0n) is 13.1. The van der Waals surface area contributed by atoms with Crippen LogP contribution in [0.25, 0.3) is 0 Å². The molecule has 8 nitrogen and oxygen atoms in total. The van der Waals surface area contributed by atoms with Gasteiger partial charge in [0.1, 0.15) is 11.9 Å². The second-order valence-corrected chi connectivity index (χ2v) is 6.56. The first-order valence-corrected chi connectivity index (χ1v) is 7.85. The van der Waals surface area contributed by atoms with Crippen LogP contribution in [-0.2, 0) is 15.9 Å². The molecule has 2 aromatic rings. The fraction of sp³-hybridized carbons (Fsp3) is 0.375. The van der Waals surface area contributed by atoms with Crippen LogP contribution in [0.5, 0.6) is 0 Å². The van der Waals surface area contributed by atoms with Gasteiger partial charge >= 0.3 is 6.09 Å². The lowest BCUT2D eigenvalue weighted by molar-refractivity contribution is 0.0313. The van der Waals surface area contributed by atoms with E-state index in [1.165, 1.54) is 11.0 Å². The van der Waals surface area contributed by atoms with Gasteiger partial charge in [-0.05, 0) is 37.1 Å². The van der Waals surface area contributed by atoms with Crippen LogP contribution in [0.3, 0.4) is 0 Å². The molecule has 1 aliphatic carbocycles. The summed E-state index contributed by atoms with van der Waals surface area (Å²) >= 11 is 0. The molecular formula is C16H12FN5O3. The van der Waals surface area contributed by atoms with Crippen LogP contribution in [0.4, 0.5) is 20.8 Å². The highest BCUT2D eigenvalue weighted by molar-refractivity contribution is 5.92. The summed E-state index contributed by atoms with van der Waals surface area (Å²) in [6.07, 6.45) is 0.649. The van der Waals surface area contributed by atoms with Gasteiger partial charge in [0.05, 0.1) is 17.2 Å². The highest BCUT2D eigenvalue weighted by atomic mass is 19.1. The van der Waals surface area contributed by atoms with E-state index in [0.717, 1.165) is 0 Å². The number of halogens is 1. The fourth-order valence-electron chi connectivity index (χ4n) is 3.55. The number of ether oxygens (including phenoxy) is 1. The topological polar surface area (TPSA) is 104 Å². The Morgan fingerprint density at radius 2 is 2.28 bits per heavy atom. The number of hydrogen-bond donors (Lipinski definition) is 1. The van der Waals surface area contributed by atoms with Gasteiger partial charge in [0.15, 0.2) is 0 Å². The molecule has 0 radical (unpaired) electrons. The molecule has 2 fully saturated rings. The number of rotatable bonds is 2. The van der Waals surface area contributed by atoms with Crippen LogP contribution in [0.1, 0.15) is 31.2 Å². The molecule has 1 N–H and O–H groups in total. The van der Waals surface area contributed by atoms with Gasteiger partial charge in [0.25, 0.3) is 17.6 Å². The van der Waals surface area contributed by atoms with E-state index in [4.69, 9.17) is 9.26 Å². The highest BCUT2D eigenvalue weighted by Crippen LogP contribution is 2.49. The maximum absolute atomic E-state index is 14.6. The van der Waals surface area contributed by atoms with Gasteiger partial charge in [-0.3, -0.25) is 4.90 Å². The first-order chi connectivity index (χ1) is 12.0. The molecule has 2 bridgehead atoms. The van der Waals surface area contributed by atoms with Crippen molar-refractivity contribution in [1.29, 1.82) is 5.26 Å². The number of amides is 1. The number of anilines is 2. The summed E-state index contributed by atoms with van der Waals surface area (Å²) in [4.78, 5) is 17.8. The van der Waals surface area contributed by atoms with Crippen molar-refractivity contribution < 1.29 is 18.4 Å². The second-order valence-electron chi connectivity index (χ2n) is 6.56. The first-order valence-electron chi connectivity index (χ1n) is 7.85. The molecule has 1 spiro atoms. The average Bonchev–Trinajstić information content (AvgIpc) is 3.01. The summed E-state index contributed by atoms with van der Waals surface area (Å²) in [5.74, 6) is -0.108. The number of hydrogen-bond acceptors (Lipinski definition) is 7. The molecule has 1 aromatic heterocycles. The van der Waals surface area contributed by atoms with Gasteiger partial charge in [-0.2, -0.15) is 10.2 Å². The molecule has 1 unspecified atom stereocenters. The minimum atomic E-state index is -1.26. The molecule has 3 aliphatic rings. The van der Waals surface area contributed by atoms with Crippen molar-refractivity contribution in [3.8, 4) is 6.07 Å². The van der Waals surface area contributed by atoms with Gasteiger partial charge in [0, 0.05) is 5.56 Å². The minimum Gasteiger partial charge on any atom is -0.410 e. The van der Waals surface area contributed by atoms with Crippen LogP contribution < -0.4 is 10.2 Å². The number of fused-ring (bicyclic) bond motifs is 3. The quantitative estimate of drug-likeness (QED) is 0.894. The smallest absolute Gasteiger partial charge is 0.410 e. The Bertz CT molecular complexity index is 963. The summed E-state index contributed by atoms with van der Waals surface area (Å²) in [7, 11) is 0.